The monoisotopic (exact) mass is 568 g/mol. The summed E-state index contributed by atoms with van der Waals surface area (Å²) in [6.45, 7) is 0. The number of hydrogen-bond acceptors (Lipinski definition) is 2. The van der Waals surface area contributed by atoms with Gasteiger partial charge in [-0.15, -0.1) is 0 Å². The van der Waals surface area contributed by atoms with Crippen LogP contribution in [-0.2, 0) is 0 Å². The lowest BCUT2D eigenvalue weighted by atomic mass is 9.85. The van der Waals surface area contributed by atoms with Crippen LogP contribution in [0.3, 0.4) is 0 Å². The molecule has 214 valence electrons. The van der Waals surface area contributed by atoms with Crippen molar-refractivity contribution >= 4 is 11.4 Å². The summed E-state index contributed by atoms with van der Waals surface area (Å²) < 4.78 is 0. The third-order valence-corrected chi connectivity index (χ3v) is 8.11. The molecule has 6 rings (SSSR count). The molecule has 2 heteroatoms. The molecule has 0 atom stereocenters. The Labute approximate surface area is 261 Å². The largest absolute Gasteiger partial charge is 0.155 e. The number of hydrogen-bond donors (Lipinski definition) is 0. The molecule has 0 aliphatic heterocycles. The van der Waals surface area contributed by atoms with Gasteiger partial charge >= 0.3 is 0 Å². The average molecular weight is 569 g/mol. The zero-order chi connectivity index (χ0) is 29.8. The summed E-state index contributed by atoms with van der Waals surface area (Å²) in [6, 6.07) is 63.9. The van der Waals surface area contributed by atoms with Gasteiger partial charge in [-0.25, -0.2) is 0 Å². The molecule has 6 aromatic carbocycles. The van der Waals surface area contributed by atoms with Crippen LogP contribution in [0.25, 0.3) is 0 Å². The van der Waals surface area contributed by atoms with Crippen molar-refractivity contribution in [3.05, 3.63) is 215 Å². The first kappa shape index (κ1) is 28.8. The van der Waals surface area contributed by atoms with Crippen molar-refractivity contribution < 1.29 is 0 Å². The Morgan fingerprint density at radius 3 is 0.795 bits per heavy atom. The molecule has 0 heterocycles. The third-order valence-electron chi connectivity index (χ3n) is 8.11. The molecule has 0 unspecified atom stereocenters. The lowest BCUT2D eigenvalue weighted by Crippen LogP contribution is -2.12. The zero-order valence-electron chi connectivity index (χ0n) is 24.8. The fraction of sp³-hybridized carbons (Fsp3) is 0.0952. The molecule has 0 spiro atoms. The highest BCUT2D eigenvalue weighted by atomic mass is 15.2. The molecule has 0 fully saturated rings. The van der Waals surface area contributed by atoms with Gasteiger partial charge in [0, 0.05) is 24.7 Å². The molecule has 0 aliphatic carbocycles. The Morgan fingerprint density at radius 1 is 0.318 bits per heavy atom. The van der Waals surface area contributed by atoms with E-state index in [1.165, 1.54) is 22.3 Å². The van der Waals surface area contributed by atoms with E-state index in [9.17, 15) is 0 Å². The van der Waals surface area contributed by atoms with Gasteiger partial charge in [-0.1, -0.05) is 182 Å². The maximum Gasteiger partial charge on any atom is 0.0712 e. The second kappa shape index (κ2) is 14.7. The lowest BCUT2D eigenvalue weighted by Gasteiger charge is -2.20. The Balaban J connectivity index is 1.45. The molecule has 0 saturated heterocycles. The topological polar surface area (TPSA) is 24.7 Å². The van der Waals surface area contributed by atoms with Crippen molar-refractivity contribution in [1.82, 2.24) is 0 Å². The summed E-state index contributed by atoms with van der Waals surface area (Å²) in [4.78, 5) is 0. The normalized spacial score (nSPS) is 12.0. The van der Waals surface area contributed by atoms with Gasteiger partial charge in [-0.3, -0.25) is 0 Å². The Bertz CT molecular complexity index is 1550. The maximum atomic E-state index is 5.11. The molecular formula is C42H36N2. The maximum absolute atomic E-state index is 5.11. The molecular weight excluding hydrogens is 532 g/mol. The van der Waals surface area contributed by atoms with E-state index in [0.717, 1.165) is 35.4 Å². The summed E-state index contributed by atoms with van der Waals surface area (Å²) in [5, 5.41) is 10.2. The predicted molar refractivity (Wildman–Crippen MR) is 185 cm³/mol. The first-order chi connectivity index (χ1) is 21.8. The van der Waals surface area contributed by atoms with Gasteiger partial charge in [0.25, 0.3) is 0 Å². The van der Waals surface area contributed by atoms with E-state index in [1.54, 1.807) is 0 Å². The van der Waals surface area contributed by atoms with Crippen LogP contribution in [0.5, 0.6) is 0 Å². The summed E-state index contributed by atoms with van der Waals surface area (Å²) in [5.74, 6) is 0.293. The van der Waals surface area contributed by atoms with Crippen LogP contribution in [0.15, 0.2) is 192 Å². The molecule has 0 radical (unpaired) electrons. The molecule has 0 aliphatic rings. The van der Waals surface area contributed by atoms with Gasteiger partial charge < -0.3 is 0 Å². The molecule has 0 N–H and O–H groups in total. The SMILES string of the molecule is c1ccc(/C(CC(c2ccccc2)c2ccccc2)=N\N=C(/CC(c2ccccc2)c2ccccc2)c2ccccc2)cc1. The summed E-state index contributed by atoms with van der Waals surface area (Å²) in [6.07, 6.45) is 1.45. The van der Waals surface area contributed by atoms with Crippen molar-refractivity contribution in [2.24, 2.45) is 10.2 Å². The molecule has 2 nitrogen and oxygen atoms in total. The van der Waals surface area contributed by atoms with Crippen molar-refractivity contribution in [3.8, 4) is 0 Å². The average Bonchev–Trinajstić information content (AvgIpc) is 3.12. The van der Waals surface area contributed by atoms with E-state index in [-0.39, 0.29) is 11.8 Å². The van der Waals surface area contributed by atoms with Gasteiger partial charge in [-0.2, -0.15) is 10.2 Å². The molecule has 6 aromatic rings. The predicted octanol–water partition coefficient (Wildman–Crippen LogP) is 10.3. The Hall–Kier alpha value is -5.34. The van der Waals surface area contributed by atoms with E-state index in [4.69, 9.17) is 10.2 Å². The van der Waals surface area contributed by atoms with Gasteiger partial charge in [0.15, 0.2) is 0 Å². The molecule has 44 heavy (non-hydrogen) atoms. The van der Waals surface area contributed by atoms with Crippen LogP contribution >= 0.6 is 0 Å². The van der Waals surface area contributed by atoms with E-state index in [1.807, 2.05) is 0 Å². The lowest BCUT2D eigenvalue weighted by molar-refractivity contribution is 0.843. The Kier molecular flexibility index (Phi) is 9.62. The minimum atomic E-state index is 0.146. The number of benzene rings is 6. The van der Waals surface area contributed by atoms with E-state index in [0.29, 0.717) is 0 Å². The zero-order valence-corrected chi connectivity index (χ0v) is 24.8. The van der Waals surface area contributed by atoms with Crippen molar-refractivity contribution in [2.75, 3.05) is 0 Å². The highest BCUT2D eigenvalue weighted by Crippen LogP contribution is 2.32. The van der Waals surface area contributed by atoms with E-state index >= 15 is 0 Å². The fourth-order valence-electron chi connectivity index (χ4n) is 5.80. The standard InChI is InChI=1S/C42H36N2/c1-7-19-33(20-8-1)39(34-21-9-2-10-22-34)31-41(37-27-15-5-16-28-37)43-44-42(38-29-17-6-18-30-38)32-40(35-23-11-3-12-24-35)36-25-13-4-14-26-36/h1-30,39-40H,31-32H2/b43-41-,44-42+. The second-order valence-electron chi connectivity index (χ2n) is 11.0. The highest BCUT2D eigenvalue weighted by molar-refractivity contribution is 6.04. The summed E-state index contributed by atoms with van der Waals surface area (Å²) in [7, 11) is 0. The van der Waals surface area contributed by atoms with Crippen LogP contribution in [0.2, 0.25) is 0 Å². The third kappa shape index (κ3) is 7.35. The highest BCUT2D eigenvalue weighted by Gasteiger charge is 2.20. The van der Waals surface area contributed by atoms with Crippen LogP contribution < -0.4 is 0 Å². The van der Waals surface area contributed by atoms with Crippen molar-refractivity contribution in [3.63, 3.8) is 0 Å². The minimum absolute atomic E-state index is 0.146. The van der Waals surface area contributed by atoms with Crippen LogP contribution in [-0.4, -0.2) is 11.4 Å². The number of rotatable bonds is 11. The molecule has 0 bridgehead atoms. The molecule has 0 amide bonds. The minimum Gasteiger partial charge on any atom is -0.155 e. The summed E-state index contributed by atoms with van der Waals surface area (Å²) in [5.41, 5.74) is 9.17. The first-order valence-corrected chi connectivity index (χ1v) is 15.3. The summed E-state index contributed by atoms with van der Waals surface area (Å²) >= 11 is 0. The molecule has 0 saturated carbocycles. The fourth-order valence-corrected chi connectivity index (χ4v) is 5.80. The van der Waals surface area contributed by atoms with Crippen LogP contribution in [0.4, 0.5) is 0 Å². The Morgan fingerprint density at radius 2 is 0.545 bits per heavy atom. The van der Waals surface area contributed by atoms with Gasteiger partial charge in [0.05, 0.1) is 11.4 Å². The quantitative estimate of drug-likeness (QED) is 0.110. The van der Waals surface area contributed by atoms with Gasteiger partial charge in [-0.05, 0) is 33.4 Å². The van der Waals surface area contributed by atoms with Crippen molar-refractivity contribution in [1.29, 1.82) is 0 Å². The van der Waals surface area contributed by atoms with E-state index < -0.39 is 0 Å². The number of nitrogens with zero attached hydrogens (tertiary/aromatic N) is 2. The van der Waals surface area contributed by atoms with Crippen molar-refractivity contribution in [2.45, 2.75) is 24.7 Å². The van der Waals surface area contributed by atoms with Crippen LogP contribution in [0.1, 0.15) is 58.1 Å². The first-order valence-electron chi connectivity index (χ1n) is 15.3. The molecule has 0 aromatic heterocycles. The van der Waals surface area contributed by atoms with Gasteiger partial charge in [0.2, 0.25) is 0 Å². The van der Waals surface area contributed by atoms with Gasteiger partial charge in [0.1, 0.15) is 0 Å². The van der Waals surface area contributed by atoms with E-state index in [2.05, 4.69) is 182 Å². The second-order valence-corrected chi connectivity index (χ2v) is 11.0. The van der Waals surface area contributed by atoms with Crippen LogP contribution in [0, 0.1) is 0 Å². The smallest absolute Gasteiger partial charge is 0.0712 e.